The maximum absolute atomic E-state index is 15.7. The second-order valence-electron chi connectivity index (χ2n) is 15.8. The lowest BCUT2D eigenvalue weighted by Crippen LogP contribution is -2.12. The Labute approximate surface area is 384 Å². The summed E-state index contributed by atoms with van der Waals surface area (Å²) < 4.78 is 50.6. The van der Waals surface area contributed by atoms with Crippen molar-refractivity contribution in [3.05, 3.63) is 190 Å². The molecule has 0 aliphatic rings. The molecular weight excluding hydrogens is 856 g/mol. The Balaban J connectivity index is 1.27. The van der Waals surface area contributed by atoms with E-state index in [1.165, 1.54) is 30.3 Å². The van der Waals surface area contributed by atoms with Gasteiger partial charge in [0.1, 0.15) is 0 Å². The van der Waals surface area contributed by atoms with Crippen LogP contribution in [0, 0.1) is 79.3 Å². The molecule has 0 amide bonds. The lowest BCUT2D eigenvalue weighted by Gasteiger charge is -2.22. The molecule has 12 heteroatoms. The van der Waals surface area contributed by atoms with E-state index in [4.69, 9.17) is 0 Å². The van der Waals surface area contributed by atoms with E-state index in [0.29, 0.717) is 66.2 Å². The fraction of sp³-hybridized carbons (Fsp3) is 0.0179. The van der Waals surface area contributed by atoms with Crippen LogP contribution in [0.25, 0.3) is 88.4 Å². The summed E-state index contributed by atoms with van der Waals surface area (Å²) >= 11 is 0. The Kier molecular flexibility index (Phi) is 9.77. The quantitative estimate of drug-likeness (QED) is 0.165. The minimum absolute atomic E-state index is 0.0904. The predicted molar refractivity (Wildman–Crippen MR) is 249 cm³/mol. The Morgan fingerprint density at radius 1 is 0.368 bits per heavy atom. The maximum Gasteiger partial charge on any atom is 0.418 e. The molecule has 0 aliphatic carbocycles. The number of benzene rings is 8. The van der Waals surface area contributed by atoms with Crippen molar-refractivity contribution >= 4 is 43.6 Å². The lowest BCUT2D eigenvalue weighted by molar-refractivity contribution is -0.137. The molecule has 2 aromatic heterocycles. The third-order valence-electron chi connectivity index (χ3n) is 12.2. The van der Waals surface area contributed by atoms with Crippen LogP contribution in [0.3, 0.4) is 0 Å². The van der Waals surface area contributed by atoms with Gasteiger partial charge < -0.3 is 9.13 Å². The maximum atomic E-state index is 15.7. The van der Waals surface area contributed by atoms with Gasteiger partial charge in [0.05, 0.1) is 120 Å². The number of hydrogen-bond acceptors (Lipinski definition) is 7. The molecule has 2 heterocycles. The molecule has 10 rings (SSSR count). The van der Waals surface area contributed by atoms with Crippen molar-refractivity contribution < 1.29 is 13.2 Å². The van der Waals surface area contributed by atoms with E-state index >= 15 is 13.2 Å². The molecule has 0 radical (unpaired) electrons. The molecule has 0 bridgehead atoms. The van der Waals surface area contributed by atoms with Crippen LogP contribution in [0.2, 0.25) is 0 Å². The Morgan fingerprint density at radius 2 is 0.824 bits per heavy atom. The zero-order chi connectivity index (χ0) is 47.4. The van der Waals surface area contributed by atoms with Gasteiger partial charge in [-0.15, -0.1) is 0 Å². The summed E-state index contributed by atoms with van der Waals surface area (Å²) in [6, 6.07) is 54.0. The summed E-state index contributed by atoms with van der Waals surface area (Å²) in [6.45, 7) is 0. The number of aromatic nitrogens is 2. The highest BCUT2D eigenvalue weighted by molar-refractivity contribution is 6.13. The molecule has 314 valence electrons. The SMILES string of the molecule is N#Cc1cc(C#N)c(-c2ccc3c(c2)c2ccccc2n3-c2ccc(C#N)cc2-c2cccc(C(F)(F)F)c2-n2c3ccccc3c3cc(-c4c(C#N)cc(C#N)cc4C#N)ccc32)c(C#N)c1. The molecule has 0 aliphatic heterocycles. The zero-order valence-electron chi connectivity index (χ0n) is 35.0. The number of fused-ring (bicyclic) bond motifs is 6. The highest BCUT2D eigenvalue weighted by atomic mass is 19.4. The van der Waals surface area contributed by atoms with Crippen LogP contribution in [0.15, 0.2) is 146 Å². The average Bonchev–Trinajstić information content (AvgIpc) is 3.88. The highest BCUT2D eigenvalue weighted by Gasteiger charge is 2.37. The molecule has 0 spiro atoms. The second kappa shape index (κ2) is 16.0. The Morgan fingerprint density at radius 3 is 1.29 bits per heavy atom. The second-order valence-corrected chi connectivity index (χ2v) is 15.8. The third-order valence-corrected chi connectivity index (χ3v) is 12.2. The van der Waals surface area contributed by atoms with Gasteiger partial charge in [-0.3, -0.25) is 0 Å². The number of alkyl halides is 3. The first-order valence-corrected chi connectivity index (χ1v) is 20.6. The van der Waals surface area contributed by atoms with Crippen LogP contribution in [0.1, 0.15) is 44.5 Å². The minimum atomic E-state index is -4.87. The standard InChI is InChI=1S/C56H24F3N9/c57-56(58,59)47-9-5-8-43(55(47)68-49-11-4-2-7-42(49)46-24-36(14-17-52(46)68)54-39(30-65)20-34(27-62)21-40(54)31-66)44-22-32(25-60)12-15-50(44)67-48-10-3-1-6-41(48)45-23-35(13-16-51(45)67)53-37(28-63)18-33(26-61)19-38(53)29-64/h1-24H. The fourth-order valence-electron chi connectivity index (χ4n) is 9.39. The molecule has 8 aromatic carbocycles. The van der Waals surface area contributed by atoms with Gasteiger partial charge in [0.25, 0.3) is 0 Å². The van der Waals surface area contributed by atoms with Gasteiger partial charge in [0.2, 0.25) is 0 Å². The monoisotopic (exact) mass is 879 g/mol. The molecule has 0 saturated heterocycles. The van der Waals surface area contributed by atoms with Gasteiger partial charge in [0, 0.05) is 43.8 Å². The van der Waals surface area contributed by atoms with Gasteiger partial charge in [0.15, 0.2) is 0 Å². The van der Waals surface area contributed by atoms with E-state index in [1.807, 2.05) is 53.1 Å². The highest BCUT2D eigenvalue weighted by Crippen LogP contribution is 2.47. The first kappa shape index (κ1) is 41.6. The van der Waals surface area contributed by atoms with Crippen LogP contribution in [-0.2, 0) is 6.18 Å². The van der Waals surface area contributed by atoms with Gasteiger partial charge in [-0.25, -0.2) is 0 Å². The zero-order valence-corrected chi connectivity index (χ0v) is 35.0. The summed E-state index contributed by atoms with van der Waals surface area (Å²) in [6.07, 6.45) is -4.87. The molecular formula is C56H24F3N9. The Bertz CT molecular complexity index is 4110. The Hall–Kier alpha value is -10.4. The third kappa shape index (κ3) is 6.42. The molecule has 0 atom stereocenters. The van der Waals surface area contributed by atoms with Crippen LogP contribution in [0.4, 0.5) is 13.2 Å². The molecule has 68 heavy (non-hydrogen) atoms. The smallest absolute Gasteiger partial charge is 0.309 e. The normalized spacial score (nSPS) is 11.1. The number of rotatable bonds is 5. The van der Waals surface area contributed by atoms with E-state index in [0.717, 1.165) is 11.5 Å². The van der Waals surface area contributed by atoms with Crippen molar-refractivity contribution in [1.82, 2.24) is 9.13 Å². The summed E-state index contributed by atoms with van der Waals surface area (Å²) in [5, 5.41) is 72.6. The van der Waals surface area contributed by atoms with Crippen LogP contribution in [-0.4, -0.2) is 9.13 Å². The van der Waals surface area contributed by atoms with Gasteiger partial charge in [-0.1, -0.05) is 60.7 Å². The van der Waals surface area contributed by atoms with E-state index < -0.39 is 11.7 Å². The minimum Gasteiger partial charge on any atom is -0.309 e. The average molecular weight is 880 g/mol. The molecule has 0 fully saturated rings. The van der Waals surface area contributed by atoms with Crippen LogP contribution < -0.4 is 0 Å². The van der Waals surface area contributed by atoms with Gasteiger partial charge in [-0.2, -0.15) is 50.0 Å². The van der Waals surface area contributed by atoms with E-state index in [1.54, 1.807) is 77.4 Å². The molecule has 9 nitrogen and oxygen atoms in total. The van der Waals surface area contributed by atoms with Gasteiger partial charge >= 0.3 is 6.18 Å². The van der Waals surface area contributed by atoms with E-state index in [9.17, 15) is 36.8 Å². The predicted octanol–water partition coefficient (Wildman–Crippen LogP) is 13.0. The lowest BCUT2D eigenvalue weighted by atomic mass is 9.92. The van der Waals surface area contributed by atoms with Crippen molar-refractivity contribution in [1.29, 1.82) is 36.8 Å². The number of hydrogen-bond donors (Lipinski definition) is 0. The summed E-state index contributed by atoms with van der Waals surface area (Å²) in [5.74, 6) is 0. The topological polar surface area (TPSA) is 176 Å². The van der Waals surface area contributed by atoms with E-state index in [2.05, 4.69) is 30.3 Å². The first-order valence-electron chi connectivity index (χ1n) is 20.6. The van der Waals surface area contributed by atoms with Crippen molar-refractivity contribution in [3.63, 3.8) is 0 Å². The van der Waals surface area contributed by atoms with Crippen LogP contribution in [0.5, 0.6) is 0 Å². The molecule has 0 unspecified atom stereocenters. The van der Waals surface area contributed by atoms with Crippen molar-refractivity contribution in [2.45, 2.75) is 6.18 Å². The summed E-state index contributed by atoms with van der Waals surface area (Å²) in [4.78, 5) is 0. The molecule has 0 saturated carbocycles. The summed E-state index contributed by atoms with van der Waals surface area (Å²) in [5.41, 5.74) is 4.48. The molecule has 0 N–H and O–H groups in total. The number of halogens is 3. The van der Waals surface area contributed by atoms with E-state index in [-0.39, 0.29) is 55.8 Å². The number of nitriles is 7. The summed E-state index contributed by atoms with van der Waals surface area (Å²) in [7, 11) is 0. The number of nitrogens with zero attached hydrogens (tertiary/aromatic N) is 9. The molecule has 10 aromatic rings. The first-order chi connectivity index (χ1) is 33.0. The van der Waals surface area contributed by atoms with Gasteiger partial charge in [-0.05, 0) is 96.1 Å². The van der Waals surface area contributed by atoms with Crippen molar-refractivity contribution in [2.24, 2.45) is 0 Å². The van der Waals surface area contributed by atoms with Crippen LogP contribution >= 0.6 is 0 Å². The largest absolute Gasteiger partial charge is 0.418 e. The van der Waals surface area contributed by atoms with Crippen molar-refractivity contribution in [2.75, 3.05) is 0 Å². The fourth-order valence-corrected chi connectivity index (χ4v) is 9.39. The van der Waals surface area contributed by atoms with Crippen molar-refractivity contribution in [3.8, 4) is 87.2 Å². The number of para-hydroxylation sites is 3.